The molecule has 1 aliphatic rings. The summed E-state index contributed by atoms with van der Waals surface area (Å²) in [4.78, 5) is 0.336. The Morgan fingerprint density at radius 3 is 2.58 bits per heavy atom. The maximum Gasteiger partial charge on any atom is 0.241 e. The first-order chi connectivity index (χ1) is 11.4. The van der Waals surface area contributed by atoms with E-state index >= 15 is 0 Å². The van der Waals surface area contributed by atoms with E-state index in [1.54, 1.807) is 19.2 Å². The zero-order chi connectivity index (χ0) is 17.3. The van der Waals surface area contributed by atoms with Crippen molar-refractivity contribution in [2.45, 2.75) is 37.1 Å². The molecule has 1 aliphatic carbocycles. The highest BCUT2D eigenvalue weighted by Gasteiger charge is 2.21. The van der Waals surface area contributed by atoms with Gasteiger partial charge in [-0.25, -0.2) is 13.1 Å². The van der Waals surface area contributed by atoms with Gasteiger partial charge >= 0.3 is 0 Å². The molecule has 0 spiro atoms. The first-order valence-corrected chi connectivity index (χ1v) is 10.2. The first-order valence-electron chi connectivity index (χ1n) is 7.88. The van der Waals surface area contributed by atoms with Crippen molar-refractivity contribution >= 4 is 26.0 Å². The van der Waals surface area contributed by atoms with Crippen LogP contribution in [0.15, 0.2) is 45.8 Å². The molecule has 3 rings (SSSR count). The molecule has 0 bridgehead atoms. The van der Waals surface area contributed by atoms with E-state index in [1.165, 1.54) is 5.56 Å². The second-order valence-electron chi connectivity index (χ2n) is 6.02. The molecule has 0 amide bonds. The maximum absolute atomic E-state index is 12.7. The van der Waals surface area contributed by atoms with Crippen LogP contribution >= 0.6 is 15.9 Å². The van der Waals surface area contributed by atoms with Gasteiger partial charge in [-0.2, -0.15) is 0 Å². The summed E-state index contributed by atoms with van der Waals surface area (Å²) in [6.07, 6.45) is 3.10. The van der Waals surface area contributed by atoms with Gasteiger partial charge in [-0.05, 0) is 83.1 Å². The summed E-state index contributed by atoms with van der Waals surface area (Å²) in [6.45, 7) is 1.83. The zero-order valence-electron chi connectivity index (χ0n) is 13.7. The predicted octanol–water partition coefficient (Wildman–Crippen LogP) is 3.99. The predicted molar refractivity (Wildman–Crippen MR) is 97.9 cm³/mol. The zero-order valence-corrected chi connectivity index (χ0v) is 16.1. The van der Waals surface area contributed by atoms with Gasteiger partial charge in [0, 0.05) is 6.04 Å². The van der Waals surface area contributed by atoms with E-state index in [9.17, 15) is 8.42 Å². The monoisotopic (exact) mass is 409 g/mol. The Bertz CT molecular complexity index is 865. The molecular formula is C18H20BrNO3S. The highest BCUT2D eigenvalue weighted by molar-refractivity contribution is 9.10. The smallest absolute Gasteiger partial charge is 0.241 e. The Balaban J connectivity index is 1.82. The molecule has 0 fully saturated rings. The minimum absolute atomic E-state index is 0.336. The lowest BCUT2D eigenvalue weighted by Crippen LogP contribution is -2.27. The summed E-state index contributed by atoms with van der Waals surface area (Å²) in [5.41, 5.74) is 3.28. The molecule has 1 atom stereocenters. The summed E-state index contributed by atoms with van der Waals surface area (Å²) in [6, 6.07) is 10.6. The fraction of sp³-hybridized carbons (Fsp3) is 0.333. The second kappa shape index (κ2) is 6.86. The Morgan fingerprint density at radius 1 is 1.12 bits per heavy atom. The fourth-order valence-corrected chi connectivity index (χ4v) is 4.88. The highest BCUT2D eigenvalue weighted by Crippen LogP contribution is 2.29. The average molecular weight is 410 g/mol. The highest BCUT2D eigenvalue weighted by atomic mass is 79.9. The van der Waals surface area contributed by atoms with Crippen molar-refractivity contribution in [3.8, 4) is 5.75 Å². The van der Waals surface area contributed by atoms with Gasteiger partial charge < -0.3 is 4.74 Å². The summed E-state index contributed by atoms with van der Waals surface area (Å²) < 4.78 is 34.1. The third-order valence-electron chi connectivity index (χ3n) is 4.39. The van der Waals surface area contributed by atoms with Crippen LogP contribution in [0.4, 0.5) is 0 Å². The molecule has 0 saturated heterocycles. The third-order valence-corrected chi connectivity index (χ3v) is 6.55. The van der Waals surface area contributed by atoms with Crippen LogP contribution in [0.1, 0.15) is 36.1 Å². The molecule has 2 aromatic rings. The molecule has 0 aliphatic heterocycles. The summed E-state index contributed by atoms with van der Waals surface area (Å²) in [7, 11) is -1.96. The number of ether oxygens (including phenoxy) is 1. The van der Waals surface area contributed by atoms with E-state index in [1.807, 2.05) is 31.2 Å². The van der Waals surface area contributed by atoms with Crippen LogP contribution in [-0.4, -0.2) is 15.5 Å². The largest absolute Gasteiger partial charge is 0.496 e. The molecule has 128 valence electrons. The van der Waals surface area contributed by atoms with Crippen molar-refractivity contribution in [2.24, 2.45) is 0 Å². The number of rotatable bonds is 5. The number of sulfonamides is 1. The molecule has 0 saturated carbocycles. The lowest BCUT2D eigenvalue weighted by Gasteiger charge is -2.16. The topological polar surface area (TPSA) is 55.4 Å². The number of fused-ring (bicyclic) bond motifs is 1. The van der Waals surface area contributed by atoms with Crippen LogP contribution in [-0.2, 0) is 22.9 Å². The Kier molecular flexibility index (Phi) is 4.99. The van der Waals surface area contributed by atoms with Crippen LogP contribution in [0, 0.1) is 0 Å². The summed E-state index contributed by atoms with van der Waals surface area (Å²) in [5, 5.41) is 0. The standard InChI is InChI=1S/C18H20BrNO3S/c1-12(14-7-9-18(23-2)17(19)11-14)20-24(21,22)16-8-6-13-4-3-5-15(13)10-16/h6-12,20H,3-5H2,1-2H3. The molecule has 6 heteroatoms. The molecule has 1 N–H and O–H groups in total. The van der Waals surface area contributed by atoms with E-state index in [2.05, 4.69) is 20.7 Å². The number of halogens is 1. The molecule has 2 aromatic carbocycles. The Morgan fingerprint density at radius 2 is 1.88 bits per heavy atom. The summed E-state index contributed by atoms with van der Waals surface area (Å²) >= 11 is 3.43. The molecule has 24 heavy (non-hydrogen) atoms. The van der Waals surface area contributed by atoms with Gasteiger partial charge in [-0.3, -0.25) is 0 Å². The lowest BCUT2D eigenvalue weighted by molar-refractivity contribution is 0.412. The fourth-order valence-electron chi connectivity index (χ4n) is 3.04. The van der Waals surface area contributed by atoms with Crippen molar-refractivity contribution in [1.82, 2.24) is 4.72 Å². The van der Waals surface area contributed by atoms with Gasteiger partial charge in [-0.1, -0.05) is 12.1 Å². The molecule has 0 aromatic heterocycles. The van der Waals surface area contributed by atoms with Crippen molar-refractivity contribution < 1.29 is 13.2 Å². The number of benzene rings is 2. The maximum atomic E-state index is 12.7. The normalized spacial score (nSPS) is 15.1. The van der Waals surface area contributed by atoms with E-state index in [4.69, 9.17) is 4.74 Å². The number of aryl methyl sites for hydroxylation is 2. The van der Waals surface area contributed by atoms with Gasteiger partial charge in [0.2, 0.25) is 10.0 Å². The molecule has 4 nitrogen and oxygen atoms in total. The molecule has 0 radical (unpaired) electrons. The molecular weight excluding hydrogens is 390 g/mol. The SMILES string of the molecule is COc1ccc(C(C)NS(=O)(=O)c2ccc3c(c2)CCC3)cc1Br. The van der Waals surface area contributed by atoms with Crippen molar-refractivity contribution in [2.75, 3.05) is 7.11 Å². The van der Waals surface area contributed by atoms with Crippen molar-refractivity contribution in [3.63, 3.8) is 0 Å². The van der Waals surface area contributed by atoms with Crippen LogP contribution in [0.3, 0.4) is 0 Å². The Labute approximate surface area is 151 Å². The van der Waals surface area contributed by atoms with Gasteiger partial charge in [0.1, 0.15) is 5.75 Å². The van der Waals surface area contributed by atoms with Gasteiger partial charge in [0.05, 0.1) is 16.5 Å². The van der Waals surface area contributed by atoms with E-state index < -0.39 is 10.0 Å². The Hall–Kier alpha value is -1.37. The van der Waals surface area contributed by atoms with Gasteiger partial charge in [-0.15, -0.1) is 0 Å². The number of hydrogen-bond acceptors (Lipinski definition) is 3. The third kappa shape index (κ3) is 3.50. The van der Waals surface area contributed by atoms with Crippen molar-refractivity contribution in [3.05, 3.63) is 57.6 Å². The minimum atomic E-state index is -3.55. The summed E-state index contributed by atoms with van der Waals surface area (Å²) in [5.74, 6) is 0.715. The average Bonchev–Trinajstić information content (AvgIpc) is 3.02. The van der Waals surface area contributed by atoms with E-state index in [0.29, 0.717) is 10.6 Å². The van der Waals surface area contributed by atoms with Crippen LogP contribution < -0.4 is 9.46 Å². The van der Waals surface area contributed by atoms with E-state index in [-0.39, 0.29) is 6.04 Å². The number of nitrogens with one attached hydrogen (secondary N) is 1. The van der Waals surface area contributed by atoms with Crippen LogP contribution in [0.25, 0.3) is 0 Å². The minimum Gasteiger partial charge on any atom is -0.496 e. The second-order valence-corrected chi connectivity index (χ2v) is 8.59. The van der Waals surface area contributed by atoms with Crippen LogP contribution in [0.2, 0.25) is 0 Å². The van der Waals surface area contributed by atoms with E-state index in [0.717, 1.165) is 34.9 Å². The lowest BCUT2D eigenvalue weighted by atomic mass is 10.1. The quantitative estimate of drug-likeness (QED) is 0.811. The van der Waals surface area contributed by atoms with Crippen molar-refractivity contribution in [1.29, 1.82) is 0 Å². The molecule has 0 heterocycles. The van der Waals surface area contributed by atoms with Gasteiger partial charge in [0.15, 0.2) is 0 Å². The van der Waals surface area contributed by atoms with Gasteiger partial charge in [0.25, 0.3) is 0 Å². The van der Waals surface area contributed by atoms with Crippen LogP contribution in [0.5, 0.6) is 5.75 Å². The number of hydrogen-bond donors (Lipinski definition) is 1. The first kappa shape index (κ1) is 17.5. The number of methoxy groups -OCH3 is 1. The molecule has 1 unspecified atom stereocenters.